The molecule has 7 heteroatoms. The van der Waals surface area contributed by atoms with E-state index >= 15 is 0 Å². The number of aromatic nitrogens is 1. The van der Waals surface area contributed by atoms with Crippen LogP contribution in [0.2, 0.25) is 0 Å². The van der Waals surface area contributed by atoms with Crippen molar-refractivity contribution < 1.29 is 23.8 Å². The zero-order valence-electron chi connectivity index (χ0n) is 10.8. The molecule has 108 valence electrons. The average Bonchev–Trinajstić information content (AvgIpc) is 2.46. The van der Waals surface area contributed by atoms with Crippen molar-refractivity contribution in [3.8, 4) is 0 Å². The van der Waals surface area contributed by atoms with E-state index in [0.29, 0.717) is 26.1 Å². The van der Waals surface area contributed by atoms with Gasteiger partial charge in [-0.25, -0.2) is 4.98 Å². The van der Waals surface area contributed by atoms with E-state index in [0.717, 1.165) is 0 Å². The van der Waals surface area contributed by atoms with Gasteiger partial charge in [0, 0.05) is 26.0 Å². The lowest BCUT2D eigenvalue weighted by atomic mass is 9.80. The summed E-state index contributed by atoms with van der Waals surface area (Å²) >= 11 is 0. The second-order valence-corrected chi connectivity index (χ2v) is 4.72. The molecule has 2 N–H and O–H groups in total. The number of rotatable bonds is 4. The minimum atomic E-state index is -1.05. The van der Waals surface area contributed by atoms with Gasteiger partial charge in [-0.3, -0.25) is 9.59 Å². The number of halogens is 1. The average molecular weight is 282 g/mol. The van der Waals surface area contributed by atoms with E-state index in [1.807, 2.05) is 0 Å². The van der Waals surface area contributed by atoms with Crippen LogP contribution in [0.1, 0.15) is 23.2 Å². The van der Waals surface area contributed by atoms with Gasteiger partial charge in [-0.2, -0.15) is 4.39 Å². The fourth-order valence-electron chi connectivity index (χ4n) is 2.13. The molecule has 1 aromatic rings. The molecule has 2 heterocycles. The van der Waals surface area contributed by atoms with E-state index in [9.17, 15) is 19.1 Å². The summed E-state index contributed by atoms with van der Waals surface area (Å²) in [5.41, 5.74) is -1.24. The normalized spacial score (nSPS) is 17.4. The lowest BCUT2D eigenvalue weighted by Crippen LogP contribution is -2.46. The largest absolute Gasteiger partial charge is 0.481 e. The maximum atomic E-state index is 13.4. The number of aliphatic carboxylic acids is 1. The van der Waals surface area contributed by atoms with Gasteiger partial charge in [0.1, 0.15) is 0 Å². The van der Waals surface area contributed by atoms with Gasteiger partial charge in [-0.05, 0) is 25.0 Å². The number of nitrogens with one attached hydrogen (secondary N) is 1. The summed E-state index contributed by atoms with van der Waals surface area (Å²) in [4.78, 5) is 26.6. The maximum absolute atomic E-state index is 13.4. The standard InChI is InChI=1S/C13H15FN2O4/c14-10-9(2-1-5-15-10)11(17)16-8-13(12(18)19)3-6-20-7-4-13/h1-2,5H,3-4,6-8H2,(H,16,17)(H,18,19). The Morgan fingerprint density at radius 2 is 2.15 bits per heavy atom. The van der Waals surface area contributed by atoms with E-state index < -0.39 is 23.2 Å². The predicted molar refractivity (Wildman–Crippen MR) is 66.7 cm³/mol. The summed E-state index contributed by atoms with van der Waals surface area (Å²) in [6.45, 7) is 0.617. The molecular weight excluding hydrogens is 267 g/mol. The highest BCUT2D eigenvalue weighted by atomic mass is 19.1. The molecule has 0 bridgehead atoms. The summed E-state index contributed by atoms with van der Waals surface area (Å²) < 4.78 is 18.5. The van der Waals surface area contributed by atoms with Crippen LogP contribution in [0.4, 0.5) is 4.39 Å². The molecule has 0 atom stereocenters. The van der Waals surface area contributed by atoms with Crippen LogP contribution in [0.5, 0.6) is 0 Å². The highest BCUT2D eigenvalue weighted by molar-refractivity contribution is 5.94. The van der Waals surface area contributed by atoms with Crippen molar-refractivity contribution in [3.63, 3.8) is 0 Å². The molecule has 0 unspecified atom stereocenters. The van der Waals surface area contributed by atoms with Crippen LogP contribution >= 0.6 is 0 Å². The van der Waals surface area contributed by atoms with Crippen LogP contribution in [-0.2, 0) is 9.53 Å². The second-order valence-electron chi connectivity index (χ2n) is 4.72. The molecule has 0 aromatic carbocycles. The molecule has 6 nitrogen and oxygen atoms in total. The Hall–Kier alpha value is -2.02. The molecule has 0 radical (unpaired) electrons. The third-order valence-corrected chi connectivity index (χ3v) is 3.49. The maximum Gasteiger partial charge on any atom is 0.311 e. The number of carboxylic acids is 1. The number of hydrogen-bond acceptors (Lipinski definition) is 4. The summed E-state index contributed by atoms with van der Waals surface area (Å²) in [6.07, 6.45) is 1.87. The van der Waals surface area contributed by atoms with Gasteiger partial charge >= 0.3 is 5.97 Å². The summed E-state index contributed by atoms with van der Waals surface area (Å²) in [5.74, 6) is -2.52. The van der Waals surface area contributed by atoms with Crippen LogP contribution in [0.25, 0.3) is 0 Å². The van der Waals surface area contributed by atoms with Crippen molar-refractivity contribution in [2.24, 2.45) is 5.41 Å². The molecule has 2 rings (SSSR count). The van der Waals surface area contributed by atoms with Crippen LogP contribution in [-0.4, -0.2) is 41.7 Å². The summed E-state index contributed by atoms with van der Waals surface area (Å²) in [5, 5.41) is 11.8. The topological polar surface area (TPSA) is 88.5 Å². The first-order valence-corrected chi connectivity index (χ1v) is 6.25. The Kier molecular flexibility index (Phi) is 4.29. The molecule has 1 fully saturated rings. The smallest absolute Gasteiger partial charge is 0.311 e. The zero-order valence-corrected chi connectivity index (χ0v) is 10.8. The second kappa shape index (κ2) is 5.96. The van der Waals surface area contributed by atoms with Gasteiger partial charge in [0.2, 0.25) is 5.95 Å². The van der Waals surface area contributed by atoms with Crippen molar-refractivity contribution >= 4 is 11.9 Å². The number of pyridine rings is 1. The predicted octanol–water partition coefficient (Wildman–Crippen LogP) is 0.832. The number of nitrogens with zero attached hydrogens (tertiary/aromatic N) is 1. The number of carbonyl (C=O) groups excluding carboxylic acids is 1. The van der Waals surface area contributed by atoms with Crippen molar-refractivity contribution in [2.45, 2.75) is 12.8 Å². The molecular formula is C13H15FN2O4. The molecule has 0 aliphatic carbocycles. The number of hydrogen-bond donors (Lipinski definition) is 2. The Morgan fingerprint density at radius 3 is 2.75 bits per heavy atom. The lowest BCUT2D eigenvalue weighted by Gasteiger charge is -2.33. The van der Waals surface area contributed by atoms with E-state index in [2.05, 4.69) is 10.3 Å². The number of amides is 1. The first-order valence-electron chi connectivity index (χ1n) is 6.25. The SMILES string of the molecule is O=C(NCC1(C(=O)O)CCOCC1)c1cccnc1F. The Bertz CT molecular complexity index is 515. The highest BCUT2D eigenvalue weighted by Gasteiger charge is 2.40. The lowest BCUT2D eigenvalue weighted by molar-refractivity contribution is -0.154. The number of carbonyl (C=O) groups is 2. The molecule has 0 saturated carbocycles. The monoisotopic (exact) mass is 282 g/mol. The van der Waals surface area contributed by atoms with Gasteiger partial charge in [-0.1, -0.05) is 0 Å². The highest BCUT2D eigenvalue weighted by Crippen LogP contribution is 2.30. The fraction of sp³-hybridized carbons (Fsp3) is 0.462. The number of ether oxygens (including phenoxy) is 1. The van der Waals surface area contributed by atoms with Crippen molar-refractivity contribution in [1.82, 2.24) is 10.3 Å². The molecule has 20 heavy (non-hydrogen) atoms. The Labute approximate surface area is 115 Å². The van der Waals surface area contributed by atoms with Crippen molar-refractivity contribution in [1.29, 1.82) is 0 Å². The first kappa shape index (κ1) is 14.4. The molecule has 1 aliphatic rings. The molecule has 1 saturated heterocycles. The van der Waals surface area contributed by atoms with Crippen LogP contribution in [0.3, 0.4) is 0 Å². The fourth-order valence-corrected chi connectivity index (χ4v) is 2.13. The van der Waals surface area contributed by atoms with Crippen LogP contribution in [0, 0.1) is 11.4 Å². The number of carboxylic acid groups (broad SMARTS) is 1. The minimum Gasteiger partial charge on any atom is -0.481 e. The van der Waals surface area contributed by atoms with Gasteiger partial charge < -0.3 is 15.2 Å². The van der Waals surface area contributed by atoms with E-state index in [4.69, 9.17) is 4.74 Å². The molecule has 1 amide bonds. The third-order valence-electron chi connectivity index (χ3n) is 3.49. The quantitative estimate of drug-likeness (QED) is 0.799. The minimum absolute atomic E-state index is 0.0567. The van der Waals surface area contributed by atoms with Gasteiger partial charge in [0.15, 0.2) is 0 Å². The zero-order chi connectivity index (χ0) is 14.6. The van der Waals surface area contributed by atoms with Crippen LogP contribution in [0.15, 0.2) is 18.3 Å². The summed E-state index contributed by atoms with van der Waals surface area (Å²) in [7, 11) is 0. The van der Waals surface area contributed by atoms with Gasteiger partial charge in [0.25, 0.3) is 5.91 Å². The van der Waals surface area contributed by atoms with E-state index in [1.54, 1.807) is 0 Å². The third kappa shape index (κ3) is 2.93. The Balaban J connectivity index is 2.05. The van der Waals surface area contributed by atoms with E-state index in [1.165, 1.54) is 18.3 Å². The Morgan fingerprint density at radius 1 is 1.45 bits per heavy atom. The molecule has 0 spiro atoms. The van der Waals surface area contributed by atoms with Crippen LogP contribution < -0.4 is 5.32 Å². The molecule has 1 aromatic heterocycles. The van der Waals surface area contributed by atoms with Crippen molar-refractivity contribution in [3.05, 3.63) is 29.8 Å². The molecule has 1 aliphatic heterocycles. The van der Waals surface area contributed by atoms with Crippen molar-refractivity contribution in [2.75, 3.05) is 19.8 Å². The first-order chi connectivity index (χ1) is 9.55. The van der Waals surface area contributed by atoms with Gasteiger partial charge in [0.05, 0.1) is 11.0 Å². The van der Waals surface area contributed by atoms with Gasteiger partial charge in [-0.15, -0.1) is 0 Å². The summed E-state index contributed by atoms with van der Waals surface area (Å²) in [6, 6.07) is 2.74. The van der Waals surface area contributed by atoms with E-state index in [-0.39, 0.29) is 12.1 Å².